The fourth-order valence-electron chi connectivity index (χ4n) is 8.27. The van der Waals surface area contributed by atoms with E-state index in [-0.39, 0.29) is 69.1 Å². The molecule has 4 rings (SSSR count). The summed E-state index contributed by atoms with van der Waals surface area (Å²) in [5, 5.41) is 20.4. The Morgan fingerprint density at radius 3 is 1.90 bits per heavy atom. The number of nitrogens with two attached hydrogens (primary N) is 5. The lowest BCUT2D eigenvalue weighted by atomic mass is 10.0. The summed E-state index contributed by atoms with van der Waals surface area (Å²) in [7, 11) is 3.40. The molecular weight excluding hydrogens is 1070 g/mol. The first-order valence-corrected chi connectivity index (χ1v) is 27.5. The van der Waals surface area contributed by atoms with Crippen molar-refractivity contribution in [1.82, 2.24) is 47.4 Å². The van der Waals surface area contributed by atoms with Crippen molar-refractivity contribution in [2.45, 2.75) is 113 Å². The van der Waals surface area contributed by atoms with Crippen molar-refractivity contribution in [2.24, 2.45) is 33.7 Å². The summed E-state index contributed by atoms with van der Waals surface area (Å²) >= 11 is 0. The SMILES string of the molecule is COc1ccc(C[C@@H]2NC(=O)[C@@H](NC(C)=O)CSSC[C@@H](C(=O)N3CCCC3C(=O)N[C@@H](CCCN=C(N)N)C(=O)NCC(N)=O)NC(=O)[C@H](CC(N)=O)NC(=O)[C@H](CCC(N)=O)NC(=O)[C@H](Cc3ccccc3)NC2=O)cc1. The van der Waals surface area contributed by atoms with Crippen LogP contribution in [-0.4, -0.2) is 168 Å². The van der Waals surface area contributed by atoms with Crippen LogP contribution in [0.25, 0.3) is 0 Å². The molecule has 0 spiro atoms. The standard InChI is InChI=1S/C49H69N15O13S2/c1-26(65)57-35-24-78-79-25-36(48(76)64-19-7-11-37(64)47(75)59-30(10-6-18-55-49(53)54)41(69)56-23-40(52)68)63-45(73)34(22-39(51)67)62-42(70)31(16-17-38(50)66)58-43(71)32(20-27-8-4-3-5-9-27)60-44(72)33(61-46(35)74)21-28-12-14-29(77-2)15-13-28/h3-5,8-9,12-15,30-37H,6-7,10-11,16-25H2,1-2H3,(H2,50,66)(H2,51,67)(H2,52,68)(H,56,69)(H,57,65)(H,58,71)(H,59,75)(H,60,72)(H,61,74)(H,62,70)(H,63,73)(H4,53,54,55)/t30-,31-,32-,33-,34-,35-,36-,37?/m0/s1. The van der Waals surface area contributed by atoms with Gasteiger partial charge in [0.2, 0.25) is 70.9 Å². The number of carbonyl (C=O) groups excluding carboxylic acids is 12. The minimum absolute atomic E-state index is 0.0112. The van der Waals surface area contributed by atoms with Crippen molar-refractivity contribution in [3.8, 4) is 5.75 Å². The van der Waals surface area contributed by atoms with Crippen molar-refractivity contribution >= 4 is 98.4 Å². The second-order valence-corrected chi connectivity index (χ2v) is 21.0. The van der Waals surface area contributed by atoms with Crippen molar-refractivity contribution in [3.05, 3.63) is 65.7 Å². The largest absolute Gasteiger partial charge is 0.497 e. The average Bonchev–Trinajstić information content (AvgIpc) is 3.90. The van der Waals surface area contributed by atoms with Gasteiger partial charge in [-0.05, 0) is 55.4 Å². The van der Waals surface area contributed by atoms with Crippen LogP contribution >= 0.6 is 21.6 Å². The predicted molar refractivity (Wildman–Crippen MR) is 290 cm³/mol. The first-order chi connectivity index (χ1) is 37.5. The topological polar surface area (TPSA) is 456 Å². The number of guanidine groups is 1. The van der Waals surface area contributed by atoms with Crippen LogP contribution in [0.2, 0.25) is 0 Å². The molecule has 2 fully saturated rings. The van der Waals surface area contributed by atoms with Gasteiger partial charge in [-0.15, -0.1) is 0 Å². The van der Waals surface area contributed by atoms with Gasteiger partial charge in [-0.1, -0.05) is 64.1 Å². The van der Waals surface area contributed by atoms with E-state index in [1.807, 2.05) is 0 Å². The maximum Gasteiger partial charge on any atom is 0.246 e. The summed E-state index contributed by atoms with van der Waals surface area (Å²) in [6.45, 7) is 0.687. The summed E-state index contributed by atoms with van der Waals surface area (Å²) < 4.78 is 5.28. The first kappa shape index (κ1) is 63.4. The number of nitrogens with one attached hydrogen (secondary N) is 8. The number of benzene rings is 2. The van der Waals surface area contributed by atoms with Gasteiger partial charge in [0, 0.05) is 50.8 Å². The highest BCUT2D eigenvalue weighted by molar-refractivity contribution is 8.76. The van der Waals surface area contributed by atoms with Gasteiger partial charge in [0.15, 0.2) is 5.96 Å². The third-order valence-electron chi connectivity index (χ3n) is 12.2. The number of aliphatic imine (C=N–C) groups is 1. The molecule has 2 heterocycles. The first-order valence-electron chi connectivity index (χ1n) is 25.0. The molecule has 12 amide bonds. The molecule has 1 unspecified atom stereocenters. The van der Waals surface area contributed by atoms with Crippen LogP contribution in [0, 0.1) is 0 Å². The summed E-state index contributed by atoms with van der Waals surface area (Å²) in [6.07, 6.45) is -1.49. The Balaban J connectivity index is 1.77. The third kappa shape index (κ3) is 21.7. The number of likely N-dealkylation sites (tertiary alicyclic amines) is 1. The van der Waals surface area contributed by atoms with E-state index in [1.165, 1.54) is 18.9 Å². The molecule has 2 aromatic rings. The molecule has 0 aliphatic carbocycles. The highest BCUT2D eigenvalue weighted by Gasteiger charge is 2.41. The van der Waals surface area contributed by atoms with Gasteiger partial charge < -0.3 is 80.8 Å². The zero-order valence-corrected chi connectivity index (χ0v) is 45.3. The van der Waals surface area contributed by atoms with Crippen LogP contribution in [0.3, 0.4) is 0 Å². The molecular formula is C49H69N15O13S2. The number of primary amides is 3. The van der Waals surface area contributed by atoms with E-state index < -0.39 is 145 Å². The second-order valence-electron chi connectivity index (χ2n) is 18.4. The molecule has 79 heavy (non-hydrogen) atoms. The molecule has 30 heteroatoms. The highest BCUT2D eigenvalue weighted by Crippen LogP contribution is 2.26. The molecule has 2 aliphatic heterocycles. The smallest absolute Gasteiger partial charge is 0.246 e. The molecule has 28 nitrogen and oxygen atoms in total. The van der Waals surface area contributed by atoms with Crippen molar-refractivity contribution in [3.63, 3.8) is 0 Å². The van der Waals surface area contributed by atoms with Crippen molar-refractivity contribution in [2.75, 3.05) is 38.2 Å². The van der Waals surface area contributed by atoms with Crippen LogP contribution in [0.5, 0.6) is 5.75 Å². The quantitative estimate of drug-likeness (QED) is 0.0241. The van der Waals surface area contributed by atoms with Crippen LogP contribution in [0.15, 0.2) is 59.6 Å². The number of carbonyl (C=O) groups is 12. The van der Waals surface area contributed by atoms with E-state index in [0.717, 1.165) is 21.6 Å². The molecule has 18 N–H and O–H groups in total. The number of amides is 12. The normalized spacial score (nSPS) is 21.9. The monoisotopic (exact) mass is 1140 g/mol. The number of hydrogen-bond acceptors (Lipinski definition) is 16. The number of ether oxygens (including phenoxy) is 1. The minimum Gasteiger partial charge on any atom is -0.497 e. The van der Waals surface area contributed by atoms with Crippen molar-refractivity contribution in [1.29, 1.82) is 0 Å². The van der Waals surface area contributed by atoms with Gasteiger partial charge in [-0.2, -0.15) is 0 Å². The Morgan fingerprint density at radius 2 is 1.30 bits per heavy atom. The molecule has 2 aromatic carbocycles. The molecule has 2 aliphatic rings. The van der Waals surface area contributed by atoms with Gasteiger partial charge >= 0.3 is 0 Å². The second kappa shape index (κ2) is 31.9. The number of hydrogen-bond donors (Lipinski definition) is 13. The predicted octanol–water partition coefficient (Wildman–Crippen LogP) is -4.92. The third-order valence-corrected chi connectivity index (χ3v) is 14.6. The summed E-state index contributed by atoms with van der Waals surface area (Å²) in [4.78, 5) is 167. The van der Waals surface area contributed by atoms with Gasteiger partial charge in [0.1, 0.15) is 54.1 Å². The van der Waals surface area contributed by atoms with E-state index in [9.17, 15) is 57.5 Å². The fourth-order valence-corrected chi connectivity index (χ4v) is 10.6. The maximum atomic E-state index is 14.7. The zero-order valence-electron chi connectivity index (χ0n) is 43.6. The van der Waals surface area contributed by atoms with Crippen LogP contribution in [0.4, 0.5) is 0 Å². The van der Waals surface area contributed by atoms with E-state index in [4.69, 9.17) is 33.4 Å². The molecule has 0 aromatic heterocycles. The lowest BCUT2D eigenvalue weighted by molar-refractivity contribution is -0.142. The molecule has 0 radical (unpaired) electrons. The van der Waals surface area contributed by atoms with Gasteiger partial charge in [0.05, 0.1) is 20.1 Å². The van der Waals surface area contributed by atoms with Crippen molar-refractivity contribution < 1.29 is 62.3 Å². The Hall–Kier alpha value is -8.15. The molecule has 430 valence electrons. The Kier molecular flexibility index (Phi) is 25.6. The van der Waals surface area contributed by atoms with Crippen LogP contribution < -0.4 is 75.9 Å². The van der Waals surface area contributed by atoms with E-state index >= 15 is 0 Å². The highest BCUT2D eigenvalue weighted by atomic mass is 33.1. The van der Waals surface area contributed by atoms with E-state index in [0.29, 0.717) is 16.9 Å². The van der Waals surface area contributed by atoms with E-state index in [2.05, 4.69) is 47.5 Å². The number of rotatable bonds is 21. The lowest BCUT2D eigenvalue weighted by Crippen LogP contribution is -2.61. The summed E-state index contributed by atoms with van der Waals surface area (Å²) in [5.41, 5.74) is 28.2. The molecule has 0 saturated carbocycles. The average molecular weight is 1140 g/mol. The Bertz CT molecular complexity index is 2560. The molecule has 0 bridgehead atoms. The molecule has 2 saturated heterocycles. The number of methoxy groups -OCH3 is 1. The van der Waals surface area contributed by atoms with Crippen LogP contribution in [-0.2, 0) is 70.4 Å². The Morgan fingerprint density at radius 1 is 0.722 bits per heavy atom. The maximum absolute atomic E-state index is 14.7. The molecule has 8 atom stereocenters. The van der Waals surface area contributed by atoms with Crippen LogP contribution in [0.1, 0.15) is 63.0 Å². The fraction of sp³-hybridized carbons (Fsp3) is 0.490. The lowest BCUT2D eigenvalue weighted by Gasteiger charge is -2.31. The summed E-state index contributed by atoms with van der Waals surface area (Å²) in [5.74, 6) is -10.8. The van der Waals surface area contributed by atoms with E-state index in [1.54, 1.807) is 54.6 Å². The summed E-state index contributed by atoms with van der Waals surface area (Å²) in [6, 6.07) is 3.36. The Labute approximate surface area is 462 Å². The van der Waals surface area contributed by atoms with Gasteiger partial charge in [-0.3, -0.25) is 62.5 Å². The number of nitrogens with zero attached hydrogens (tertiary/aromatic N) is 2. The van der Waals surface area contributed by atoms with Gasteiger partial charge in [0.25, 0.3) is 0 Å². The van der Waals surface area contributed by atoms with Gasteiger partial charge in [-0.25, -0.2) is 0 Å². The zero-order chi connectivity index (χ0) is 58.2. The minimum atomic E-state index is -1.82.